The molecule has 2 aliphatic heterocycles. The molecule has 1 amide bonds. The van der Waals surface area contributed by atoms with Crippen LogP contribution in [-0.4, -0.2) is 67.1 Å². The van der Waals surface area contributed by atoms with Crippen molar-refractivity contribution in [3.63, 3.8) is 0 Å². The summed E-state index contributed by atoms with van der Waals surface area (Å²) in [4.78, 5) is 15.0. The summed E-state index contributed by atoms with van der Waals surface area (Å²) in [7, 11) is 0. The van der Waals surface area contributed by atoms with Gasteiger partial charge >= 0.3 is 0 Å². The van der Waals surface area contributed by atoms with E-state index in [2.05, 4.69) is 15.4 Å². The van der Waals surface area contributed by atoms with Gasteiger partial charge in [0.25, 0.3) is 0 Å². The van der Waals surface area contributed by atoms with Gasteiger partial charge in [0.1, 0.15) is 5.76 Å². The van der Waals surface area contributed by atoms with Crippen LogP contribution >= 0.6 is 0 Å². The van der Waals surface area contributed by atoms with Gasteiger partial charge in [-0.15, -0.1) is 0 Å². The molecule has 2 atom stereocenters. The van der Waals surface area contributed by atoms with Crippen molar-refractivity contribution in [2.75, 3.05) is 39.5 Å². The lowest BCUT2D eigenvalue weighted by atomic mass is 9.95. The van der Waals surface area contributed by atoms with E-state index in [4.69, 9.17) is 14.0 Å². The van der Waals surface area contributed by atoms with Crippen LogP contribution < -0.4 is 5.32 Å². The summed E-state index contributed by atoms with van der Waals surface area (Å²) in [6.45, 7) is 9.93. The fourth-order valence-electron chi connectivity index (χ4n) is 3.34. The zero-order chi connectivity index (χ0) is 17.2. The predicted molar refractivity (Wildman–Crippen MR) is 87.7 cm³/mol. The van der Waals surface area contributed by atoms with Gasteiger partial charge in [-0.3, -0.25) is 9.69 Å². The molecule has 0 radical (unpaired) electrons. The maximum Gasteiger partial charge on any atom is 0.240 e. The highest BCUT2D eigenvalue weighted by atomic mass is 16.5. The second kappa shape index (κ2) is 7.21. The summed E-state index contributed by atoms with van der Waals surface area (Å²) in [6.07, 6.45) is 0.726. The van der Waals surface area contributed by atoms with E-state index in [1.807, 2.05) is 26.8 Å². The van der Waals surface area contributed by atoms with Crippen molar-refractivity contribution in [3.05, 3.63) is 17.5 Å². The number of nitrogens with zero attached hydrogens (tertiary/aromatic N) is 2. The molecule has 2 fully saturated rings. The molecular weight excluding hydrogens is 310 g/mol. The molecule has 0 unspecified atom stereocenters. The van der Waals surface area contributed by atoms with Crippen molar-refractivity contribution in [3.8, 4) is 0 Å². The maximum absolute atomic E-state index is 12.8. The highest BCUT2D eigenvalue weighted by Crippen LogP contribution is 2.22. The summed E-state index contributed by atoms with van der Waals surface area (Å²) >= 11 is 0. The van der Waals surface area contributed by atoms with Crippen LogP contribution in [0.15, 0.2) is 10.6 Å². The molecule has 7 heteroatoms. The maximum atomic E-state index is 12.8. The van der Waals surface area contributed by atoms with Gasteiger partial charge in [0.15, 0.2) is 0 Å². The number of ether oxygens (including phenoxy) is 2. The van der Waals surface area contributed by atoms with Gasteiger partial charge < -0.3 is 19.3 Å². The lowest BCUT2D eigenvalue weighted by Crippen LogP contribution is -2.60. The van der Waals surface area contributed by atoms with Gasteiger partial charge in [-0.05, 0) is 20.8 Å². The van der Waals surface area contributed by atoms with Crippen LogP contribution in [0.3, 0.4) is 0 Å². The van der Waals surface area contributed by atoms with Gasteiger partial charge in [0.2, 0.25) is 5.91 Å². The Morgan fingerprint density at radius 1 is 1.33 bits per heavy atom. The molecule has 0 saturated carbocycles. The molecule has 0 spiro atoms. The molecule has 0 aliphatic carbocycles. The average Bonchev–Trinajstić information content (AvgIpc) is 3.18. The Morgan fingerprint density at radius 3 is 2.75 bits per heavy atom. The van der Waals surface area contributed by atoms with E-state index in [0.717, 1.165) is 31.0 Å². The second-order valence-corrected chi connectivity index (χ2v) is 7.17. The largest absolute Gasteiger partial charge is 0.379 e. The van der Waals surface area contributed by atoms with Crippen LogP contribution in [0, 0.1) is 12.8 Å². The fourth-order valence-corrected chi connectivity index (χ4v) is 3.34. The molecule has 3 heterocycles. The molecule has 134 valence electrons. The molecule has 1 N–H and O–H groups in total. The number of nitrogens with one attached hydrogen (secondary N) is 1. The standard InChI is InChI=1S/C17H27N3O4/c1-12-8-14(24-19-12)9-13-10-23-11-15(13)18-16(21)17(2,3)20-4-6-22-7-5-20/h8,13,15H,4-7,9-11H2,1-3H3,(H,18,21)/t13-,15+/m1/s1. The molecule has 0 bridgehead atoms. The number of hydrogen-bond acceptors (Lipinski definition) is 6. The number of morpholine rings is 1. The third kappa shape index (κ3) is 3.79. The number of aryl methyl sites for hydroxylation is 1. The first-order chi connectivity index (χ1) is 11.5. The highest BCUT2D eigenvalue weighted by Gasteiger charge is 2.39. The Labute approximate surface area is 142 Å². The quantitative estimate of drug-likeness (QED) is 0.855. The van der Waals surface area contributed by atoms with Crippen molar-refractivity contribution >= 4 is 5.91 Å². The van der Waals surface area contributed by atoms with Gasteiger partial charge in [-0.2, -0.15) is 0 Å². The van der Waals surface area contributed by atoms with E-state index >= 15 is 0 Å². The zero-order valence-corrected chi connectivity index (χ0v) is 14.7. The lowest BCUT2D eigenvalue weighted by molar-refractivity contribution is -0.135. The topological polar surface area (TPSA) is 76.8 Å². The summed E-state index contributed by atoms with van der Waals surface area (Å²) in [5.74, 6) is 1.09. The Morgan fingerprint density at radius 2 is 2.08 bits per heavy atom. The van der Waals surface area contributed by atoms with Crippen LogP contribution in [0.2, 0.25) is 0 Å². The van der Waals surface area contributed by atoms with E-state index in [-0.39, 0.29) is 17.9 Å². The molecule has 1 aromatic rings. The first kappa shape index (κ1) is 17.4. The Bertz CT molecular complexity index is 566. The van der Waals surface area contributed by atoms with E-state index in [1.54, 1.807) is 0 Å². The number of rotatable bonds is 5. The van der Waals surface area contributed by atoms with Crippen molar-refractivity contribution in [1.29, 1.82) is 0 Å². The first-order valence-corrected chi connectivity index (χ1v) is 8.60. The van der Waals surface area contributed by atoms with Gasteiger partial charge in [0, 0.05) is 31.5 Å². The molecule has 0 aromatic carbocycles. The molecule has 24 heavy (non-hydrogen) atoms. The normalized spacial score (nSPS) is 25.8. The molecule has 2 aliphatic rings. The number of hydrogen-bond donors (Lipinski definition) is 1. The van der Waals surface area contributed by atoms with Crippen molar-refractivity contribution in [1.82, 2.24) is 15.4 Å². The van der Waals surface area contributed by atoms with Crippen LogP contribution in [0.5, 0.6) is 0 Å². The summed E-state index contributed by atoms with van der Waals surface area (Å²) in [5.41, 5.74) is 0.317. The third-order valence-electron chi connectivity index (χ3n) is 5.01. The smallest absolute Gasteiger partial charge is 0.240 e. The molecule has 7 nitrogen and oxygen atoms in total. The Balaban J connectivity index is 1.59. The summed E-state index contributed by atoms with van der Waals surface area (Å²) in [5, 5.41) is 7.11. The fraction of sp³-hybridized carbons (Fsp3) is 0.765. The summed E-state index contributed by atoms with van der Waals surface area (Å²) < 4.78 is 16.3. The number of aromatic nitrogens is 1. The third-order valence-corrected chi connectivity index (χ3v) is 5.01. The van der Waals surface area contributed by atoms with Gasteiger partial charge in [0.05, 0.1) is 43.7 Å². The molecular formula is C17H27N3O4. The van der Waals surface area contributed by atoms with Crippen molar-refractivity contribution in [2.45, 2.75) is 38.8 Å². The number of carbonyl (C=O) groups excluding carboxylic acids is 1. The van der Waals surface area contributed by atoms with E-state index in [0.29, 0.717) is 26.4 Å². The van der Waals surface area contributed by atoms with E-state index in [9.17, 15) is 4.79 Å². The molecule has 1 aromatic heterocycles. The minimum atomic E-state index is -0.556. The second-order valence-electron chi connectivity index (χ2n) is 7.17. The average molecular weight is 337 g/mol. The van der Waals surface area contributed by atoms with Crippen molar-refractivity contribution < 1.29 is 18.8 Å². The summed E-state index contributed by atoms with van der Waals surface area (Å²) in [6, 6.07) is 1.94. The Kier molecular flexibility index (Phi) is 5.22. The lowest BCUT2D eigenvalue weighted by Gasteiger charge is -2.40. The van der Waals surface area contributed by atoms with E-state index in [1.165, 1.54) is 0 Å². The SMILES string of the molecule is Cc1cc(C[C@@H]2COC[C@@H]2NC(=O)C(C)(C)N2CCOCC2)on1. The van der Waals surface area contributed by atoms with Crippen LogP contribution in [0.25, 0.3) is 0 Å². The first-order valence-electron chi connectivity index (χ1n) is 8.60. The number of amides is 1. The van der Waals surface area contributed by atoms with Gasteiger partial charge in [-0.1, -0.05) is 5.16 Å². The minimum absolute atomic E-state index is 0.00298. The predicted octanol–water partition coefficient (Wildman–Crippen LogP) is 0.768. The van der Waals surface area contributed by atoms with Crippen LogP contribution in [-0.2, 0) is 20.7 Å². The zero-order valence-electron chi connectivity index (χ0n) is 14.7. The highest BCUT2D eigenvalue weighted by molar-refractivity contribution is 5.85. The van der Waals surface area contributed by atoms with Crippen molar-refractivity contribution in [2.24, 2.45) is 5.92 Å². The number of carbonyl (C=O) groups is 1. The van der Waals surface area contributed by atoms with E-state index < -0.39 is 5.54 Å². The molecule has 2 saturated heterocycles. The molecule has 3 rings (SSSR count). The van der Waals surface area contributed by atoms with Crippen LogP contribution in [0.4, 0.5) is 0 Å². The Hall–Kier alpha value is -1.44. The monoisotopic (exact) mass is 337 g/mol. The van der Waals surface area contributed by atoms with Gasteiger partial charge in [-0.25, -0.2) is 0 Å². The van der Waals surface area contributed by atoms with Crippen LogP contribution in [0.1, 0.15) is 25.3 Å². The minimum Gasteiger partial charge on any atom is -0.379 e.